The highest BCUT2D eigenvalue weighted by atomic mass is 16.4. The van der Waals surface area contributed by atoms with Gasteiger partial charge in [-0.15, -0.1) is 0 Å². The SMILES string of the molecule is CN(CC(C)(C)C)c1ccc(C(=O)O)c(N)c1. The number of hydrogen-bond acceptors (Lipinski definition) is 3. The van der Waals surface area contributed by atoms with Crippen molar-refractivity contribution < 1.29 is 9.90 Å². The summed E-state index contributed by atoms with van der Waals surface area (Å²) in [5.41, 5.74) is 7.28. The van der Waals surface area contributed by atoms with Crippen LogP contribution in [-0.4, -0.2) is 24.7 Å². The van der Waals surface area contributed by atoms with Gasteiger partial charge in [0.2, 0.25) is 0 Å². The first kappa shape index (κ1) is 13.4. The van der Waals surface area contributed by atoms with Crippen molar-refractivity contribution in [3.05, 3.63) is 23.8 Å². The lowest BCUT2D eigenvalue weighted by molar-refractivity contribution is 0.0698. The van der Waals surface area contributed by atoms with Gasteiger partial charge in [0.05, 0.1) is 5.56 Å². The quantitative estimate of drug-likeness (QED) is 0.791. The third-order valence-corrected chi connectivity index (χ3v) is 2.42. The molecule has 0 heterocycles. The van der Waals surface area contributed by atoms with Crippen molar-refractivity contribution >= 4 is 17.3 Å². The molecule has 0 unspecified atom stereocenters. The predicted molar refractivity (Wildman–Crippen MR) is 70.5 cm³/mol. The van der Waals surface area contributed by atoms with Gasteiger partial charge in [0.15, 0.2) is 0 Å². The molecule has 0 amide bonds. The van der Waals surface area contributed by atoms with Gasteiger partial charge >= 0.3 is 5.97 Å². The monoisotopic (exact) mass is 236 g/mol. The van der Waals surface area contributed by atoms with E-state index in [0.717, 1.165) is 12.2 Å². The molecule has 0 saturated carbocycles. The van der Waals surface area contributed by atoms with Crippen LogP contribution in [0.15, 0.2) is 18.2 Å². The Balaban J connectivity index is 2.94. The Kier molecular flexibility index (Phi) is 3.66. The minimum absolute atomic E-state index is 0.151. The zero-order chi connectivity index (χ0) is 13.2. The van der Waals surface area contributed by atoms with E-state index < -0.39 is 5.97 Å². The van der Waals surface area contributed by atoms with Gasteiger partial charge in [0.1, 0.15) is 0 Å². The maximum atomic E-state index is 10.8. The van der Waals surface area contributed by atoms with Crippen molar-refractivity contribution in [2.75, 3.05) is 24.2 Å². The number of nitrogens with two attached hydrogens (primary N) is 1. The van der Waals surface area contributed by atoms with Gasteiger partial charge in [-0.25, -0.2) is 4.79 Å². The summed E-state index contributed by atoms with van der Waals surface area (Å²) in [7, 11) is 1.97. The van der Waals surface area contributed by atoms with E-state index in [1.165, 1.54) is 0 Å². The van der Waals surface area contributed by atoms with Crippen molar-refractivity contribution in [2.45, 2.75) is 20.8 Å². The van der Waals surface area contributed by atoms with E-state index in [1.807, 2.05) is 7.05 Å². The van der Waals surface area contributed by atoms with E-state index >= 15 is 0 Å². The molecule has 17 heavy (non-hydrogen) atoms. The smallest absolute Gasteiger partial charge is 0.337 e. The van der Waals surface area contributed by atoms with Crippen LogP contribution >= 0.6 is 0 Å². The van der Waals surface area contributed by atoms with E-state index in [4.69, 9.17) is 10.8 Å². The van der Waals surface area contributed by atoms with E-state index in [9.17, 15) is 4.79 Å². The number of rotatable bonds is 3. The highest BCUT2D eigenvalue weighted by molar-refractivity contribution is 5.94. The van der Waals surface area contributed by atoms with Crippen LogP contribution in [0.5, 0.6) is 0 Å². The molecular formula is C13H20N2O2. The van der Waals surface area contributed by atoms with Gasteiger partial charge in [-0.05, 0) is 23.6 Å². The van der Waals surface area contributed by atoms with Gasteiger partial charge in [-0.3, -0.25) is 0 Å². The molecule has 0 radical (unpaired) electrons. The standard InChI is InChI=1S/C13H20N2O2/c1-13(2,3)8-15(4)9-5-6-10(12(16)17)11(14)7-9/h5-7H,8,14H2,1-4H3,(H,16,17). The summed E-state index contributed by atoms with van der Waals surface area (Å²) in [6.45, 7) is 7.33. The number of nitrogen functional groups attached to an aromatic ring is 1. The molecular weight excluding hydrogens is 216 g/mol. The number of carboxylic acid groups (broad SMARTS) is 1. The van der Waals surface area contributed by atoms with Crippen LogP contribution in [0.25, 0.3) is 0 Å². The van der Waals surface area contributed by atoms with E-state index in [2.05, 4.69) is 25.7 Å². The van der Waals surface area contributed by atoms with Crippen LogP contribution < -0.4 is 10.6 Å². The fourth-order valence-electron chi connectivity index (χ4n) is 1.79. The molecule has 0 fully saturated rings. The molecule has 1 aromatic carbocycles. The molecule has 0 aliphatic rings. The highest BCUT2D eigenvalue weighted by Crippen LogP contribution is 2.24. The fraction of sp³-hybridized carbons (Fsp3) is 0.462. The molecule has 0 aliphatic carbocycles. The molecule has 0 atom stereocenters. The Morgan fingerprint density at radius 3 is 2.41 bits per heavy atom. The molecule has 4 heteroatoms. The van der Waals surface area contributed by atoms with Crippen molar-refractivity contribution in [3.63, 3.8) is 0 Å². The summed E-state index contributed by atoms with van der Waals surface area (Å²) in [6, 6.07) is 5.03. The maximum absolute atomic E-state index is 10.8. The molecule has 0 bridgehead atoms. The van der Waals surface area contributed by atoms with E-state index in [-0.39, 0.29) is 11.0 Å². The molecule has 0 spiro atoms. The summed E-state index contributed by atoms with van der Waals surface area (Å²) >= 11 is 0. The summed E-state index contributed by atoms with van der Waals surface area (Å²) in [4.78, 5) is 12.9. The first-order valence-corrected chi connectivity index (χ1v) is 5.55. The minimum Gasteiger partial charge on any atom is -0.478 e. The van der Waals surface area contributed by atoms with Crippen LogP contribution in [0.1, 0.15) is 31.1 Å². The first-order valence-electron chi connectivity index (χ1n) is 5.55. The second-order valence-electron chi connectivity index (χ2n) is 5.49. The van der Waals surface area contributed by atoms with Crippen LogP contribution in [0.2, 0.25) is 0 Å². The summed E-state index contributed by atoms with van der Waals surface area (Å²) in [6.07, 6.45) is 0. The van der Waals surface area contributed by atoms with Gasteiger partial charge in [0, 0.05) is 25.0 Å². The van der Waals surface area contributed by atoms with Gasteiger partial charge < -0.3 is 15.7 Å². The van der Waals surface area contributed by atoms with Crippen LogP contribution in [0.3, 0.4) is 0 Å². The van der Waals surface area contributed by atoms with Gasteiger partial charge in [-0.1, -0.05) is 20.8 Å². The Labute approximate surface area is 102 Å². The molecule has 0 aromatic heterocycles. The Hall–Kier alpha value is -1.71. The lowest BCUT2D eigenvalue weighted by atomic mass is 9.96. The normalized spacial score (nSPS) is 11.3. The molecule has 4 nitrogen and oxygen atoms in total. The largest absolute Gasteiger partial charge is 0.478 e. The lowest BCUT2D eigenvalue weighted by Crippen LogP contribution is -2.29. The van der Waals surface area contributed by atoms with Gasteiger partial charge in [-0.2, -0.15) is 0 Å². The fourth-order valence-corrected chi connectivity index (χ4v) is 1.79. The average molecular weight is 236 g/mol. The zero-order valence-electron chi connectivity index (χ0n) is 10.8. The first-order chi connectivity index (χ1) is 7.70. The minimum atomic E-state index is -0.993. The number of aromatic carboxylic acids is 1. The van der Waals surface area contributed by atoms with E-state index in [0.29, 0.717) is 5.69 Å². The van der Waals surface area contributed by atoms with Crippen LogP contribution in [-0.2, 0) is 0 Å². The summed E-state index contributed by atoms with van der Waals surface area (Å²) in [5, 5.41) is 8.89. The third-order valence-electron chi connectivity index (χ3n) is 2.42. The number of hydrogen-bond donors (Lipinski definition) is 2. The number of carboxylic acids is 1. The van der Waals surface area contributed by atoms with Crippen molar-refractivity contribution in [3.8, 4) is 0 Å². The summed E-state index contributed by atoms with van der Waals surface area (Å²) in [5.74, 6) is -0.993. The third kappa shape index (κ3) is 3.66. The number of nitrogens with zero attached hydrogens (tertiary/aromatic N) is 1. The highest BCUT2D eigenvalue weighted by Gasteiger charge is 2.15. The van der Waals surface area contributed by atoms with Crippen LogP contribution in [0.4, 0.5) is 11.4 Å². The molecule has 1 rings (SSSR count). The lowest BCUT2D eigenvalue weighted by Gasteiger charge is -2.28. The van der Waals surface area contributed by atoms with E-state index in [1.54, 1.807) is 18.2 Å². The van der Waals surface area contributed by atoms with Gasteiger partial charge in [0.25, 0.3) is 0 Å². The Bertz CT molecular complexity index is 422. The number of anilines is 2. The van der Waals surface area contributed by atoms with Crippen molar-refractivity contribution in [1.82, 2.24) is 0 Å². The molecule has 0 aliphatic heterocycles. The second-order valence-corrected chi connectivity index (χ2v) is 5.49. The topological polar surface area (TPSA) is 66.6 Å². The Morgan fingerprint density at radius 2 is 2.00 bits per heavy atom. The predicted octanol–water partition coefficient (Wildman–Crippen LogP) is 2.45. The number of carbonyl (C=O) groups is 1. The average Bonchev–Trinajstić information content (AvgIpc) is 2.14. The van der Waals surface area contributed by atoms with Crippen LogP contribution in [0, 0.1) is 5.41 Å². The summed E-state index contributed by atoms with van der Waals surface area (Å²) < 4.78 is 0. The second kappa shape index (κ2) is 4.65. The zero-order valence-corrected chi connectivity index (χ0v) is 10.8. The molecule has 94 valence electrons. The van der Waals surface area contributed by atoms with Crippen molar-refractivity contribution in [2.24, 2.45) is 5.41 Å². The maximum Gasteiger partial charge on any atom is 0.337 e. The number of benzene rings is 1. The van der Waals surface area contributed by atoms with Crippen molar-refractivity contribution in [1.29, 1.82) is 0 Å². The Morgan fingerprint density at radius 1 is 1.41 bits per heavy atom. The molecule has 0 saturated heterocycles. The molecule has 3 N–H and O–H groups in total. The molecule has 1 aromatic rings.